The Bertz CT molecular complexity index is 538. The zero-order valence-corrected chi connectivity index (χ0v) is 14.2. The number of carbonyl (C=O) groups excluding carboxylic acids is 2. The number of furan rings is 1. The van der Waals surface area contributed by atoms with E-state index in [-0.39, 0.29) is 24.4 Å². The average molecular weight is 333 g/mol. The van der Waals surface area contributed by atoms with E-state index in [1.807, 2.05) is 12.1 Å². The average Bonchev–Trinajstić information content (AvgIpc) is 3.12. The first-order chi connectivity index (χ1) is 11.7. The SMILES string of the molecule is O=C(CN1CCCCC1=O)NCC(c1ccco1)N1CCCCC1. The maximum atomic E-state index is 12.3. The van der Waals surface area contributed by atoms with Gasteiger partial charge in [-0.1, -0.05) is 6.42 Å². The molecule has 2 amide bonds. The van der Waals surface area contributed by atoms with Gasteiger partial charge in [0.15, 0.2) is 0 Å². The quantitative estimate of drug-likeness (QED) is 0.864. The molecule has 1 atom stereocenters. The van der Waals surface area contributed by atoms with Crippen LogP contribution in [0, 0.1) is 0 Å². The highest BCUT2D eigenvalue weighted by Crippen LogP contribution is 2.24. The zero-order chi connectivity index (χ0) is 16.8. The molecular formula is C18H27N3O3. The van der Waals surface area contributed by atoms with E-state index in [1.165, 1.54) is 19.3 Å². The lowest BCUT2D eigenvalue weighted by Crippen LogP contribution is -2.45. The summed E-state index contributed by atoms with van der Waals surface area (Å²) in [5.74, 6) is 0.903. The minimum Gasteiger partial charge on any atom is -0.468 e. The Hall–Kier alpha value is -1.82. The number of nitrogens with zero attached hydrogens (tertiary/aromatic N) is 2. The third-order valence-corrected chi connectivity index (χ3v) is 4.95. The third-order valence-electron chi connectivity index (χ3n) is 4.95. The fourth-order valence-electron chi connectivity index (χ4n) is 3.59. The summed E-state index contributed by atoms with van der Waals surface area (Å²) < 4.78 is 5.59. The molecule has 0 aliphatic carbocycles. The van der Waals surface area contributed by atoms with Crippen LogP contribution in [0.5, 0.6) is 0 Å². The minimum atomic E-state index is -0.0844. The molecule has 3 heterocycles. The van der Waals surface area contributed by atoms with Crippen molar-refractivity contribution in [3.63, 3.8) is 0 Å². The Balaban J connectivity index is 1.54. The fraction of sp³-hybridized carbons (Fsp3) is 0.667. The first-order valence-electron chi connectivity index (χ1n) is 9.06. The second-order valence-corrected chi connectivity index (χ2v) is 6.70. The highest BCUT2D eigenvalue weighted by atomic mass is 16.3. The maximum absolute atomic E-state index is 12.3. The highest BCUT2D eigenvalue weighted by Gasteiger charge is 2.26. The predicted octanol–water partition coefficient (Wildman–Crippen LogP) is 1.94. The van der Waals surface area contributed by atoms with Gasteiger partial charge < -0.3 is 14.6 Å². The van der Waals surface area contributed by atoms with Crippen LogP contribution in [0.25, 0.3) is 0 Å². The summed E-state index contributed by atoms with van der Waals surface area (Å²) in [6.07, 6.45) is 7.82. The molecule has 0 bridgehead atoms. The molecule has 0 radical (unpaired) electrons. The number of hydrogen-bond acceptors (Lipinski definition) is 4. The van der Waals surface area contributed by atoms with Gasteiger partial charge in [0.1, 0.15) is 5.76 Å². The summed E-state index contributed by atoms with van der Waals surface area (Å²) in [6, 6.07) is 3.93. The number of carbonyl (C=O) groups is 2. The van der Waals surface area contributed by atoms with E-state index < -0.39 is 0 Å². The summed E-state index contributed by atoms with van der Waals surface area (Å²) in [5.41, 5.74) is 0. The van der Waals surface area contributed by atoms with Crippen molar-refractivity contribution in [1.29, 1.82) is 0 Å². The van der Waals surface area contributed by atoms with Gasteiger partial charge in [0.25, 0.3) is 0 Å². The van der Waals surface area contributed by atoms with Crippen LogP contribution < -0.4 is 5.32 Å². The lowest BCUT2D eigenvalue weighted by atomic mass is 10.1. The van der Waals surface area contributed by atoms with E-state index >= 15 is 0 Å². The predicted molar refractivity (Wildman–Crippen MR) is 90.3 cm³/mol. The molecule has 2 fully saturated rings. The van der Waals surface area contributed by atoms with Crippen molar-refractivity contribution < 1.29 is 14.0 Å². The summed E-state index contributed by atoms with van der Waals surface area (Å²) in [5, 5.41) is 3.00. The maximum Gasteiger partial charge on any atom is 0.239 e. The zero-order valence-electron chi connectivity index (χ0n) is 14.2. The molecule has 6 nitrogen and oxygen atoms in total. The van der Waals surface area contributed by atoms with Gasteiger partial charge in [0.2, 0.25) is 11.8 Å². The van der Waals surface area contributed by atoms with E-state index in [9.17, 15) is 9.59 Å². The molecule has 3 rings (SSSR count). The lowest BCUT2D eigenvalue weighted by Gasteiger charge is -2.33. The van der Waals surface area contributed by atoms with Gasteiger partial charge >= 0.3 is 0 Å². The van der Waals surface area contributed by atoms with Gasteiger partial charge in [-0.15, -0.1) is 0 Å². The normalized spacial score (nSPS) is 20.8. The molecule has 0 aromatic carbocycles. The van der Waals surface area contributed by atoms with Crippen LogP contribution >= 0.6 is 0 Å². The van der Waals surface area contributed by atoms with Crippen LogP contribution in [-0.4, -0.2) is 54.3 Å². The second-order valence-electron chi connectivity index (χ2n) is 6.70. The minimum absolute atomic E-state index is 0.0707. The topological polar surface area (TPSA) is 65.8 Å². The van der Waals surface area contributed by atoms with Gasteiger partial charge in [0, 0.05) is 19.5 Å². The van der Waals surface area contributed by atoms with Gasteiger partial charge in [0.05, 0.1) is 18.8 Å². The Kier molecular flexibility index (Phi) is 5.91. The summed E-state index contributed by atoms with van der Waals surface area (Å²) in [4.78, 5) is 28.1. The molecule has 2 aliphatic heterocycles. The van der Waals surface area contributed by atoms with Crippen molar-refractivity contribution in [3.05, 3.63) is 24.2 Å². The molecule has 0 saturated carbocycles. The van der Waals surface area contributed by atoms with Gasteiger partial charge in [-0.2, -0.15) is 0 Å². The van der Waals surface area contributed by atoms with Crippen LogP contribution in [0.15, 0.2) is 22.8 Å². The van der Waals surface area contributed by atoms with Crippen molar-refractivity contribution in [3.8, 4) is 0 Å². The van der Waals surface area contributed by atoms with Crippen molar-refractivity contribution in [2.45, 2.75) is 44.6 Å². The Labute approximate surface area is 143 Å². The van der Waals surface area contributed by atoms with Crippen LogP contribution in [0.3, 0.4) is 0 Å². The first-order valence-corrected chi connectivity index (χ1v) is 9.06. The molecule has 6 heteroatoms. The molecule has 24 heavy (non-hydrogen) atoms. The largest absolute Gasteiger partial charge is 0.468 e. The smallest absolute Gasteiger partial charge is 0.239 e. The van der Waals surface area contributed by atoms with Crippen molar-refractivity contribution >= 4 is 11.8 Å². The van der Waals surface area contributed by atoms with Crippen LogP contribution in [0.1, 0.15) is 50.3 Å². The molecule has 1 unspecified atom stereocenters. The molecule has 1 aromatic heterocycles. The number of piperidine rings is 2. The molecule has 132 valence electrons. The van der Waals surface area contributed by atoms with E-state index in [4.69, 9.17) is 4.42 Å². The summed E-state index contributed by atoms with van der Waals surface area (Å²) >= 11 is 0. The number of likely N-dealkylation sites (tertiary alicyclic amines) is 2. The summed E-state index contributed by atoms with van der Waals surface area (Å²) in [6.45, 7) is 3.45. The van der Waals surface area contributed by atoms with Gasteiger partial charge in [-0.25, -0.2) is 0 Å². The molecule has 1 aromatic rings. The first kappa shape index (κ1) is 17.0. The molecule has 2 aliphatic rings. The number of hydrogen-bond donors (Lipinski definition) is 1. The van der Waals surface area contributed by atoms with E-state index in [0.717, 1.165) is 31.7 Å². The molecule has 0 spiro atoms. The second kappa shape index (κ2) is 8.33. The summed E-state index contributed by atoms with van der Waals surface area (Å²) in [7, 11) is 0. The van der Waals surface area contributed by atoms with E-state index in [0.29, 0.717) is 19.5 Å². The monoisotopic (exact) mass is 333 g/mol. The van der Waals surface area contributed by atoms with Crippen LogP contribution in [0.2, 0.25) is 0 Å². The van der Waals surface area contributed by atoms with Crippen molar-refractivity contribution in [1.82, 2.24) is 15.1 Å². The van der Waals surface area contributed by atoms with Crippen molar-refractivity contribution in [2.75, 3.05) is 32.7 Å². The number of nitrogens with one attached hydrogen (secondary N) is 1. The number of amides is 2. The molecular weight excluding hydrogens is 306 g/mol. The Morgan fingerprint density at radius 1 is 1.17 bits per heavy atom. The third kappa shape index (κ3) is 4.38. The Morgan fingerprint density at radius 3 is 2.67 bits per heavy atom. The van der Waals surface area contributed by atoms with Crippen molar-refractivity contribution in [2.24, 2.45) is 0 Å². The molecule has 2 saturated heterocycles. The Morgan fingerprint density at radius 2 is 1.96 bits per heavy atom. The lowest BCUT2D eigenvalue weighted by molar-refractivity contribution is -0.137. The van der Waals surface area contributed by atoms with E-state index in [1.54, 1.807) is 11.2 Å². The van der Waals surface area contributed by atoms with Crippen LogP contribution in [-0.2, 0) is 9.59 Å². The molecule has 1 N–H and O–H groups in total. The standard InChI is InChI=1S/C18H27N3O3/c22-17(14-21-11-5-2-8-18(21)23)19-13-15(16-7-6-12-24-16)20-9-3-1-4-10-20/h6-7,12,15H,1-5,8-11,13-14H2,(H,19,22). The number of rotatable bonds is 6. The fourth-order valence-corrected chi connectivity index (χ4v) is 3.59. The van der Waals surface area contributed by atoms with Crippen LogP contribution in [0.4, 0.5) is 0 Å². The van der Waals surface area contributed by atoms with E-state index in [2.05, 4.69) is 10.2 Å². The van der Waals surface area contributed by atoms with Gasteiger partial charge in [-0.05, 0) is 50.9 Å². The highest BCUT2D eigenvalue weighted by molar-refractivity contribution is 5.85. The van der Waals surface area contributed by atoms with Gasteiger partial charge in [-0.3, -0.25) is 14.5 Å².